The number of ether oxygens (including phenoxy) is 2. The summed E-state index contributed by atoms with van der Waals surface area (Å²) in [7, 11) is 1.01. The van der Waals surface area contributed by atoms with Crippen LogP contribution in [0.25, 0.3) is 0 Å². The molecular formula is C26H27F7N4O4. The summed E-state index contributed by atoms with van der Waals surface area (Å²) in [5, 5.41) is 7.43. The number of halogens is 7. The van der Waals surface area contributed by atoms with E-state index in [0.717, 1.165) is 32.4 Å². The van der Waals surface area contributed by atoms with Crippen molar-refractivity contribution in [1.82, 2.24) is 15.6 Å². The predicted octanol–water partition coefficient (Wildman–Crippen LogP) is 4.17. The minimum Gasteiger partial charge on any atom is -0.493 e. The molecule has 1 aromatic heterocycles. The molecule has 224 valence electrons. The van der Waals surface area contributed by atoms with E-state index in [1.807, 2.05) is 0 Å². The number of carbonyl (C=O) groups excluding carboxylic acids is 2. The Kier molecular flexibility index (Phi) is 8.24. The molecule has 0 saturated carbocycles. The van der Waals surface area contributed by atoms with Gasteiger partial charge in [0.1, 0.15) is 11.8 Å². The maximum Gasteiger partial charge on any atom is 0.417 e. The number of alkyl halides is 5. The third kappa shape index (κ3) is 5.96. The highest BCUT2D eigenvalue weighted by atomic mass is 19.4. The van der Waals surface area contributed by atoms with Gasteiger partial charge in [0.25, 0.3) is 17.7 Å². The SMILES string of the molecule is COc1c([C@H]2[C@H](C(=O)Nc3ccnc(C(=O)NC[C@@H]4CC(F)(F)CN4)c3)O[C@@](C)(C(F)(F)F)[C@H]2C)ccc(F)c1F. The molecular weight excluding hydrogens is 565 g/mol. The topological polar surface area (TPSA) is 102 Å². The molecule has 2 aliphatic heterocycles. The van der Waals surface area contributed by atoms with Crippen molar-refractivity contribution >= 4 is 17.5 Å². The Labute approximate surface area is 230 Å². The van der Waals surface area contributed by atoms with Gasteiger partial charge >= 0.3 is 6.18 Å². The highest BCUT2D eigenvalue weighted by molar-refractivity contribution is 5.97. The summed E-state index contributed by atoms with van der Waals surface area (Å²) in [5.41, 5.74) is -3.28. The fourth-order valence-corrected chi connectivity index (χ4v) is 5.14. The predicted molar refractivity (Wildman–Crippen MR) is 131 cm³/mol. The number of methoxy groups -OCH3 is 1. The van der Waals surface area contributed by atoms with Crippen LogP contribution in [0, 0.1) is 17.6 Å². The fraction of sp³-hybridized carbons (Fsp3) is 0.500. The second-order valence-electron chi connectivity index (χ2n) is 10.2. The third-order valence-electron chi connectivity index (χ3n) is 7.53. The molecule has 8 nitrogen and oxygen atoms in total. The Morgan fingerprint density at radius 2 is 1.93 bits per heavy atom. The van der Waals surface area contributed by atoms with Crippen molar-refractivity contribution in [2.75, 3.05) is 25.5 Å². The van der Waals surface area contributed by atoms with E-state index in [1.54, 1.807) is 0 Å². The van der Waals surface area contributed by atoms with E-state index < -0.39 is 83.8 Å². The van der Waals surface area contributed by atoms with Crippen LogP contribution in [0.4, 0.5) is 36.4 Å². The quantitative estimate of drug-likeness (QED) is 0.418. The molecule has 2 amide bonds. The second kappa shape index (κ2) is 11.1. The summed E-state index contributed by atoms with van der Waals surface area (Å²) in [6, 6.07) is 3.49. The van der Waals surface area contributed by atoms with E-state index in [1.165, 1.54) is 13.0 Å². The van der Waals surface area contributed by atoms with Gasteiger partial charge in [0.15, 0.2) is 17.2 Å². The first-order valence-corrected chi connectivity index (χ1v) is 12.5. The zero-order valence-corrected chi connectivity index (χ0v) is 22.0. The molecule has 1 aromatic carbocycles. The summed E-state index contributed by atoms with van der Waals surface area (Å²) in [6.07, 6.45) is -6.08. The lowest BCUT2D eigenvalue weighted by molar-refractivity contribution is -0.272. The number of nitrogens with zero attached hydrogens (tertiary/aromatic N) is 1. The van der Waals surface area contributed by atoms with Crippen LogP contribution >= 0.6 is 0 Å². The molecule has 15 heteroatoms. The lowest BCUT2D eigenvalue weighted by Crippen LogP contribution is -2.47. The van der Waals surface area contributed by atoms with Crippen LogP contribution in [0.15, 0.2) is 30.5 Å². The summed E-state index contributed by atoms with van der Waals surface area (Å²) < 4.78 is 108. The van der Waals surface area contributed by atoms with Gasteiger partial charge in [-0.05, 0) is 25.1 Å². The van der Waals surface area contributed by atoms with Crippen molar-refractivity contribution in [3.05, 3.63) is 53.4 Å². The third-order valence-corrected chi connectivity index (χ3v) is 7.53. The monoisotopic (exact) mass is 592 g/mol. The normalized spacial score (nSPS) is 27.5. The van der Waals surface area contributed by atoms with Gasteiger partial charge in [-0.1, -0.05) is 13.0 Å². The molecule has 0 aliphatic carbocycles. The van der Waals surface area contributed by atoms with Crippen LogP contribution in [-0.4, -0.2) is 66.8 Å². The van der Waals surface area contributed by atoms with Gasteiger partial charge in [0.2, 0.25) is 5.82 Å². The zero-order valence-electron chi connectivity index (χ0n) is 22.0. The Balaban J connectivity index is 1.57. The maximum atomic E-state index is 14.5. The molecule has 5 atom stereocenters. The van der Waals surface area contributed by atoms with Crippen molar-refractivity contribution in [2.45, 2.75) is 56.0 Å². The fourth-order valence-electron chi connectivity index (χ4n) is 5.14. The van der Waals surface area contributed by atoms with Gasteiger partial charge in [-0.15, -0.1) is 0 Å². The molecule has 0 unspecified atom stereocenters. The first-order chi connectivity index (χ1) is 19.1. The number of hydrogen-bond donors (Lipinski definition) is 3. The van der Waals surface area contributed by atoms with E-state index in [-0.39, 0.29) is 23.5 Å². The van der Waals surface area contributed by atoms with E-state index in [0.29, 0.717) is 6.07 Å². The molecule has 0 radical (unpaired) electrons. The molecule has 41 heavy (non-hydrogen) atoms. The Bertz CT molecular complexity index is 1330. The molecule has 3 N–H and O–H groups in total. The first kappa shape index (κ1) is 30.5. The minimum atomic E-state index is -4.94. The Hall–Kier alpha value is -3.46. The summed E-state index contributed by atoms with van der Waals surface area (Å²) in [5.74, 6) is -10.9. The first-order valence-electron chi connectivity index (χ1n) is 12.5. The Morgan fingerprint density at radius 3 is 2.54 bits per heavy atom. The number of nitrogens with one attached hydrogen (secondary N) is 3. The van der Waals surface area contributed by atoms with Gasteiger partial charge < -0.3 is 25.4 Å². The van der Waals surface area contributed by atoms with Gasteiger partial charge in [-0.25, -0.2) is 13.2 Å². The van der Waals surface area contributed by atoms with Gasteiger partial charge in [-0.2, -0.15) is 17.6 Å². The van der Waals surface area contributed by atoms with E-state index in [4.69, 9.17) is 9.47 Å². The lowest BCUT2D eigenvalue weighted by Gasteiger charge is -2.32. The largest absolute Gasteiger partial charge is 0.493 e. The van der Waals surface area contributed by atoms with Crippen LogP contribution < -0.4 is 20.7 Å². The van der Waals surface area contributed by atoms with Gasteiger partial charge in [0.05, 0.1) is 13.7 Å². The van der Waals surface area contributed by atoms with Crippen molar-refractivity contribution in [2.24, 2.45) is 5.92 Å². The molecule has 4 rings (SSSR count). The van der Waals surface area contributed by atoms with Crippen molar-refractivity contribution < 1.29 is 49.8 Å². The van der Waals surface area contributed by atoms with Gasteiger partial charge in [0, 0.05) is 48.3 Å². The maximum absolute atomic E-state index is 14.5. The zero-order chi connectivity index (χ0) is 30.3. The summed E-state index contributed by atoms with van der Waals surface area (Å²) in [4.78, 5) is 29.8. The van der Waals surface area contributed by atoms with Crippen molar-refractivity contribution in [3.63, 3.8) is 0 Å². The lowest BCUT2D eigenvalue weighted by atomic mass is 9.77. The average Bonchev–Trinajstić information content (AvgIpc) is 3.40. The number of amides is 2. The minimum absolute atomic E-state index is 0.0338. The van der Waals surface area contributed by atoms with Crippen molar-refractivity contribution in [1.29, 1.82) is 0 Å². The Morgan fingerprint density at radius 1 is 1.22 bits per heavy atom. The van der Waals surface area contributed by atoms with Crippen molar-refractivity contribution in [3.8, 4) is 5.75 Å². The molecule has 2 aliphatic rings. The van der Waals surface area contributed by atoms with Gasteiger partial charge in [-0.3, -0.25) is 14.6 Å². The van der Waals surface area contributed by atoms with Crippen LogP contribution in [0.3, 0.4) is 0 Å². The molecule has 2 fully saturated rings. The molecule has 2 aromatic rings. The second-order valence-corrected chi connectivity index (χ2v) is 10.2. The highest BCUT2D eigenvalue weighted by Crippen LogP contribution is 2.55. The molecule has 2 saturated heterocycles. The van der Waals surface area contributed by atoms with Crippen LogP contribution in [0.1, 0.15) is 42.2 Å². The van der Waals surface area contributed by atoms with E-state index >= 15 is 0 Å². The smallest absolute Gasteiger partial charge is 0.417 e. The van der Waals surface area contributed by atoms with Crippen LogP contribution in [0.2, 0.25) is 0 Å². The highest BCUT2D eigenvalue weighted by Gasteiger charge is 2.66. The summed E-state index contributed by atoms with van der Waals surface area (Å²) in [6.45, 7) is 1.30. The van der Waals surface area contributed by atoms with E-state index in [9.17, 15) is 40.3 Å². The number of benzene rings is 1. The molecule has 0 spiro atoms. The number of anilines is 1. The van der Waals surface area contributed by atoms with Crippen LogP contribution in [-0.2, 0) is 9.53 Å². The molecule has 0 bridgehead atoms. The standard InChI is InChI=1S/C26H27F7N4O4/c1-12-18(15-4-5-16(27)19(28)20(15)40-3)21(41-24(12,2)26(31,32)33)23(39)37-13-6-7-34-17(8-13)22(38)35-10-14-9-25(29,30)11-36-14/h4-8,12,14,18,21,36H,9-11H2,1-3H3,(H,35,38)(H,34,37,39)/t12-,14-,18-,21+,24+/m0/s1. The summed E-state index contributed by atoms with van der Waals surface area (Å²) >= 11 is 0. The number of hydrogen-bond acceptors (Lipinski definition) is 6. The number of pyridine rings is 1. The van der Waals surface area contributed by atoms with E-state index in [2.05, 4.69) is 20.9 Å². The number of rotatable bonds is 7. The average molecular weight is 593 g/mol. The molecule has 3 heterocycles. The van der Waals surface area contributed by atoms with Crippen LogP contribution in [0.5, 0.6) is 5.75 Å². The number of carbonyl (C=O) groups is 2. The number of aromatic nitrogens is 1.